The maximum atomic E-state index is 13.7. The van der Waals surface area contributed by atoms with Crippen molar-refractivity contribution in [1.82, 2.24) is 104 Å². The molecule has 12 aromatic rings. The number of carbonyl (C=O) groups is 4. The van der Waals surface area contributed by atoms with E-state index in [9.17, 15) is 49.9 Å². The molecule has 8 aliphatic heterocycles. The van der Waals surface area contributed by atoms with Gasteiger partial charge in [-0.05, 0) is 186 Å². The Kier molecular flexibility index (Phi) is 24.0. The van der Waals surface area contributed by atoms with Gasteiger partial charge in [-0.25, -0.2) is 49.2 Å². The number of rotatable bonds is 19. The highest BCUT2D eigenvalue weighted by Gasteiger charge is 2.54. The number of amides is 4. The van der Waals surface area contributed by atoms with Crippen molar-refractivity contribution < 1.29 is 73.0 Å². The lowest BCUT2D eigenvalue weighted by Gasteiger charge is -2.25. The van der Waals surface area contributed by atoms with Gasteiger partial charge in [0, 0.05) is 108 Å². The third-order valence-electron chi connectivity index (χ3n) is 24.7. The van der Waals surface area contributed by atoms with Crippen molar-refractivity contribution in [2.45, 2.75) is 186 Å². The van der Waals surface area contributed by atoms with Gasteiger partial charge in [-0.1, -0.05) is 29.8 Å². The molecule has 18 heterocycles. The van der Waals surface area contributed by atoms with Crippen LogP contribution < -0.4 is 14.2 Å². The van der Waals surface area contributed by atoms with Crippen LogP contribution in [0.15, 0.2) is 168 Å². The molecule has 12 unspecified atom stereocenters. The Bertz CT molecular complexity index is 5910. The van der Waals surface area contributed by atoms with Crippen molar-refractivity contribution in [3.63, 3.8) is 0 Å². The lowest BCUT2D eigenvalue weighted by Crippen LogP contribution is -2.38. The Morgan fingerprint density at radius 3 is 1.40 bits per heavy atom. The SMILES string of the molecule is Cc1ccc(-n2nccn2)c(C(=O)N2C3CCC2C(COc2cc(C)nc(C(F)(F)F)n2)C3)c1.Cc1coc(-c2ccc(C)nc2C(=O)N2C3CCC2C(COc2ccccn2)C3)n1.Cc1coc(-c2ccc(C)nc2C(=O)N2C3CCC2C(COc2ncc(F)cn2)C3)n1.O=C(c1ccccc1-n1nccn1)N1C2CCC1C(Cc1cnc(C(F)(F)F)cn1)C2. The fraction of sp³-hybridized carbons (Fsp3) is 0.404. The largest absolute Gasteiger partial charge is 0.477 e. The number of alkyl halides is 6. The number of oxazole rings is 2. The van der Waals surface area contributed by atoms with Crippen LogP contribution in [0.5, 0.6) is 17.8 Å². The van der Waals surface area contributed by atoms with Crippen LogP contribution in [0.2, 0.25) is 0 Å². The second kappa shape index (κ2) is 35.7. The maximum absolute atomic E-state index is 13.7. The normalized spacial score (nSPS) is 22.3. The topological polar surface area (TPSA) is 338 Å². The molecule has 0 N–H and O–H groups in total. The van der Waals surface area contributed by atoms with Crippen molar-refractivity contribution in [3.8, 4) is 52.1 Å². The third kappa shape index (κ3) is 18.0. The monoisotopic (exact) mass is 1730 g/mol. The van der Waals surface area contributed by atoms with Gasteiger partial charge in [0.15, 0.2) is 11.5 Å². The predicted octanol–water partition coefficient (Wildman–Crippen LogP) is 14.3. The second-order valence-electron chi connectivity index (χ2n) is 33.0. The number of fused-ring (bicyclic) bond motifs is 8. The van der Waals surface area contributed by atoms with Crippen LogP contribution in [0.25, 0.3) is 34.3 Å². The number of ether oxygens (including phenoxy) is 3. The Morgan fingerprint density at radius 1 is 0.421 bits per heavy atom. The van der Waals surface area contributed by atoms with Crippen LogP contribution in [-0.4, -0.2) is 196 Å². The first-order valence-electron chi connectivity index (χ1n) is 41.8. The predicted molar refractivity (Wildman–Crippen MR) is 435 cm³/mol. The van der Waals surface area contributed by atoms with Gasteiger partial charge in [-0.2, -0.15) is 61.3 Å². The molecular formula is C89H88F7N21O9. The van der Waals surface area contributed by atoms with Crippen molar-refractivity contribution in [1.29, 1.82) is 0 Å². The standard InChI is InChI=1S/C23H23F3N6O2.C23H24N4O3.C22H22FN5O3.C21H19F3N6O/c1-13-3-5-19(32-27-7-8-28-32)17(9-13)21(33)31-16-4-6-18(31)15(11-16)12-34-20-10-14(2)29-22(30-20)23(24,25)26;1-14-6-8-18(22-26-15(2)12-30-22)21(25-14)23(28)27-17-7-9-19(27)16(11-17)13-29-20-5-3-4-10-24-20;1-12-3-5-17(20-27-13(2)10-30-20)19(26-12)21(29)28-16-4-6-18(28)14(7-16)11-31-22-24-8-15(23)9-25-22;22-21(23,24)19-12-25-14(11-26-19)9-13-10-15-5-6-17(13)29(15)20(31)16-3-1-2-4-18(16)30-27-7-8-28-30/h3,5,7-10,15-16,18H,4,6,11-12H2,1-2H3;3-6,8,10,12,16-17,19H,7,9,11,13H2,1-2H3;3,5,8-10,14,16,18H,4,6-7,11H2,1-2H3;1-4,7-8,11-13,15,17H,5-6,9-10H2. The molecule has 0 aliphatic carbocycles. The average Bonchev–Trinajstić information content (AvgIpc) is 1.62. The minimum Gasteiger partial charge on any atom is -0.477 e. The average molecular weight is 1730 g/mol. The molecule has 30 nitrogen and oxygen atoms in total. The molecule has 10 aromatic heterocycles. The first-order chi connectivity index (χ1) is 60.7. The van der Waals surface area contributed by atoms with E-state index in [1.165, 1.54) is 28.8 Å². The van der Waals surface area contributed by atoms with Crippen LogP contribution in [0, 0.1) is 71.0 Å². The first-order valence-corrected chi connectivity index (χ1v) is 41.8. The van der Waals surface area contributed by atoms with E-state index in [0.29, 0.717) is 93.9 Å². The summed E-state index contributed by atoms with van der Waals surface area (Å²) in [5.74, 6) is -0.0834. The fourth-order valence-corrected chi connectivity index (χ4v) is 19.2. The third-order valence-corrected chi connectivity index (χ3v) is 24.7. The van der Waals surface area contributed by atoms with Crippen molar-refractivity contribution in [2.24, 2.45) is 23.7 Å². The summed E-state index contributed by atoms with van der Waals surface area (Å²) >= 11 is 0. The number of carbonyl (C=O) groups excluding carboxylic acids is 4. The van der Waals surface area contributed by atoms with Crippen LogP contribution in [0.4, 0.5) is 30.7 Å². The van der Waals surface area contributed by atoms with Gasteiger partial charge in [0.1, 0.15) is 23.9 Å². The number of benzene rings is 2. The molecule has 4 amide bonds. The highest BCUT2D eigenvalue weighted by Crippen LogP contribution is 2.48. The molecular weight excluding hydrogens is 1640 g/mol. The van der Waals surface area contributed by atoms with Gasteiger partial charge in [0.05, 0.1) is 114 Å². The molecule has 0 radical (unpaired) electrons. The molecule has 8 bridgehead atoms. The van der Waals surface area contributed by atoms with E-state index in [4.69, 9.17) is 23.0 Å². The van der Waals surface area contributed by atoms with E-state index in [2.05, 4.69) is 75.2 Å². The summed E-state index contributed by atoms with van der Waals surface area (Å²) < 4.78 is 119. The lowest BCUT2D eigenvalue weighted by molar-refractivity contribution is -0.145. The van der Waals surface area contributed by atoms with Gasteiger partial charge in [0.25, 0.3) is 23.6 Å². The summed E-state index contributed by atoms with van der Waals surface area (Å²) in [6.45, 7) is 12.0. The van der Waals surface area contributed by atoms with E-state index in [0.717, 1.165) is 124 Å². The van der Waals surface area contributed by atoms with Crippen LogP contribution in [0.3, 0.4) is 0 Å². The summed E-state index contributed by atoms with van der Waals surface area (Å²) in [6.07, 6.45) is 17.3. The van der Waals surface area contributed by atoms with Crippen molar-refractivity contribution in [2.75, 3.05) is 19.8 Å². The smallest absolute Gasteiger partial charge is 0.451 e. The van der Waals surface area contributed by atoms with Gasteiger partial charge in [-0.3, -0.25) is 24.2 Å². The highest BCUT2D eigenvalue weighted by atomic mass is 19.4. The molecule has 8 aliphatic rings. The molecule has 37 heteroatoms. The van der Waals surface area contributed by atoms with Crippen LogP contribution in [0.1, 0.15) is 170 Å². The van der Waals surface area contributed by atoms with E-state index in [-0.39, 0.29) is 114 Å². The Balaban J connectivity index is 0.000000119. The van der Waals surface area contributed by atoms with Crippen LogP contribution >= 0.6 is 0 Å². The summed E-state index contributed by atoms with van der Waals surface area (Å²) in [5, 5.41) is 16.6. The molecule has 0 saturated carbocycles. The Morgan fingerprint density at radius 2 is 0.905 bits per heavy atom. The minimum atomic E-state index is -4.64. The van der Waals surface area contributed by atoms with E-state index < -0.39 is 29.7 Å². The molecule has 0 spiro atoms. The highest BCUT2D eigenvalue weighted by molar-refractivity contribution is 6.01. The number of para-hydroxylation sites is 1. The molecule has 8 saturated heterocycles. The van der Waals surface area contributed by atoms with Gasteiger partial charge < -0.3 is 42.6 Å². The van der Waals surface area contributed by atoms with Gasteiger partial charge in [-0.15, -0.1) is 0 Å². The maximum Gasteiger partial charge on any atom is 0.451 e. The molecule has 8 fully saturated rings. The van der Waals surface area contributed by atoms with Crippen LogP contribution in [-0.2, 0) is 18.8 Å². The zero-order chi connectivity index (χ0) is 87.8. The molecule has 20 rings (SSSR count). The number of pyridine rings is 3. The number of halogens is 7. The van der Waals surface area contributed by atoms with Gasteiger partial charge in [0.2, 0.25) is 29.4 Å². The number of nitrogens with zero attached hydrogens (tertiary/aromatic N) is 21. The van der Waals surface area contributed by atoms with Gasteiger partial charge >= 0.3 is 18.4 Å². The summed E-state index contributed by atoms with van der Waals surface area (Å²) in [4.78, 5) is 109. The second-order valence-corrected chi connectivity index (χ2v) is 33.0. The quantitative estimate of drug-likeness (QED) is 0.0679. The summed E-state index contributed by atoms with van der Waals surface area (Å²) in [7, 11) is 0. The zero-order valence-corrected chi connectivity index (χ0v) is 69.5. The van der Waals surface area contributed by atoms with E-state index in [1.54, 1.807) is 55.6 Å². The first kappa shape index (κ1) is 84.8. The molecule has 652 valence electrons. The van der Waals surface area contributed by atoms with Crippen molar-refractivity contribution in [3.05, 3.63) is 239 Å². The zero-order valence-electron chi connectivity index (χ0n) is 69.5. The number of aromatic nitrogens is 17. The van der Waals surface area contributed by atoms with E-state index in [1.807, 2.05) is 127 Å². The lowest BCUT2D eigenvalue weighted by atomic mass is 9.86. The molecule has 126 heavy (non-hydrogen) atoms. The number of hydrogen-bond acceptors (Lipinski definition) is 24. The van der Waals surface area contributed by atoms with Crippen molar-refractivity contribution >= 4 is 23.6 Å². The minimum absolute atomic E-state index is 0.00314. The number of hydrogen-bond donors (Lipinski definition) is 0. The summed E-state index contributed by atoms with van der Waals surface area (Å²) in [5.41, 5.74) is 8.03. The summed E-state index contributed by atoms with van der Waals surface area (Å²) in [6, 6.07) is 28.1. The fourth-order valence-electron chi connectivity index (χ4n) is 19.2. The Hall–Kier alpha value is -13.4. The Labute approximate surface area is 717 Å². The molecule has 12 atom stereocenters. The van der Waals surface area contributed by atoms with E-state index >= 15 is 0 Å². The molecule has 2 aromatic carbocycles. The number of aryl methyl sites for hydroxylation is 6.